The van der Waals surface area contributed by atoms with Crippen molar-refractivity contribution in [1.29, 1.82) is 5.26 Å². The minimum absolute atomic E-state index is 0.506. The number of hydrogen-bond donors (Lipinski definition) is 0. The van der Waals surface area contributed by atoms with Gasteiger partial charge in [0.05, 0.1) is 12.7 Å². The summed E-state index contributed by atoms with van der Waals surface area (Å²) in [6.45, 7) is 3.56. The Hall–Kier alpha value is -1.28. The van der Waals surface area contributed by atoms with Crippen molar-refractivity contribution in [3.05, 3.63) is 10.4 Å². The van der Waals surface area contributed by atoms with Crippen LogP contribution in [0, 0.1) is 11.3 Å². The van der Waals surface area contributed by atoms with Crippen LogP contribution < -0.4 is 0 Å². The molecule has 0 aromatic heterocycles. The van der Waals surface area contributed by atoms with Gasteiger partial charge in [0.15, 0.2) is 0 Å². The lowest BCUT2D eigenvalue weighted by Gasteiger charge is -2.19. The van der Waals surface area contributed by atoms with Crippen molar-refractivity contribution < 1.29 is 4.74 Å². The second kappa shape index (κ2) is 10.8. The van der Waals surface area contributed by atoms with Gasteiger partial charge < -0.3 is 9.64 Å². The quantitative estimate of drug-likeness (QED) is 0.251. The summed E-state index contributed by atoms with van der Waals surface area (Å²) in [5.74, 6) is 0. The molecule has 0 rings (SSSR count). The van der Waals surface area contributed by atoms with Gasteiger partial charge in [-0.2, -0.15) is 5.26 Å². The summed E-state index contributed by atoms with van der Waals surface area (Å²) in [7, 11) is 1.66. The number of rotatable bonds is 9. The molecule has 0 aliphatic carbocycles. The van der Waals surface area contributed by atoms with Crippen LogP contribution in [0.1, 0.15) is 12.8 Å². The van der Waals surface area contributed by atoms with Crippen molar-refractivity contribution in [2.45, 2.75) is 12.8 Å². The Morgan fingerprint density at radius 1 is 1.47 bits per heavy atom. The molecule has 6 nitrogen and oxygen atoms in total. The third-order valence-electron chi connectivity index (χ3n) is 1.95. The van der Waals surface area contributed by atoms with Gasteiger partial charge in [-0.1, -0.05) is 5.11 Å². The lowest BCUT2D eigenvalue weighted by atomic mass is 10.3. The third-order valence-corrected chi connectivity index (χ3v) is 1.95. The van der Waals surface area contributed by atoms with Gasteiger partial charge in [0.25, 0.3) is 0 Å². The average Bonchev–Trinajstić information content (AvgIpc) is 2.27. The van der Waals surface area contributed by atoms with Crippen LogP contribution in [0.15, 0.2) is 5.11 Å². The summed E-state index contributed by atoms with van der Waals surface area (Å²) < 4.78 is 4.97. The largest absolute Gasteiger partial charge is 0.383 e. The van der Waals surface area contributed by atoms with Gasteiger partial charge in [0.1, 0.15) is 0 Å². The van der Waals surface area contributed by atoms with Crippen LogP contribution in [-0.2, 0) is 4.74 Å². The summed E-state index contributed by atoms with van der Waals surface area (Å²) in [4.78, 5) is 4.82. The van der Waals surface area contributed by atoms with Crippen molar-refractivity contribution in [2.24, 2.45) is 5.11 Å². The van der Waals surface area contributed by atoms with Crippen molar-refractivity contribution >= 4 is 0 Å². The number of nitriles is 1. The zero-order valence-electron chi connectivity index (χ0n) is 9.09. The summed E-state index contributed by atoms with van der Waals surface area (Å²) in [5, 5.41) is 11.9. The smallest absolute Gasteiger partial charge is 0.0635 e. The molecule has 0 aliphatic rings. The lowest BCUT2D eigenvalue weighted by Crippen LogP contribution is -2.29. The van der Waals surface area contributed by atoms with Crippen LogP contribution in [0.4, 0.5) is 0 Å². The monoisotopic (exact) mass is 211 g/mol. The molecule has 0 aliphatic heterocycles. The molecule has 0 aromatic rings. The topological polar surface area (TPSA) is 85.0 Å². The fourth-order valence-electron chi connectivity index (χ4n) is 1.17. The highest BCUT2D eigenvalue weighted by molar-refractivity contribution is 4.72. The van der Waals surface area contributed by atoms with E-state index in [4.69, 9.17) is 15.5 Å². The highest BCUT2D eigenvalue weighted by Gasteiger charge is 2.03. The van der Waals surface area contributed by atoms with Crippen molar-refractivity contribution in [3.8, 4) is 6.07 Å². The number of hydrogen-bond acceptors (Lipinski definition) is 4. The Balaban J connectivity index is 3.68. The Bertz CT molecular complexity index is 231. The number of azide groups is 1. The highest BCUT2D eigenvalue weighted by atomic mass is 16.5. The number of methoxy groups -OCH3 is 1. The van der Waals surface area contributed by atoms with E-state index in [1.54, 1.807) is 7.11 Å². The van der Waals surface area contributed by atoms with Gasteiger partial charge in [0, 0.05) is 38.1 Å². The van der Waals surface area contributed by atoms with E-state index in [-0.39, 0.29) is 0 Å². The summed E-state index contributed by atoms with van der Waals surface area (Å²) in [6, 6.07) is 2.11. The SMILES string of the molecule is COCCN(CCC#N)CCCN=[N+]=[N-]. The minimum Gasteiger partial charge on any atom is -0.383 e. The molecule has 0 unspecified atom stereocenters. The molecule has 0 saturated carbocycles. The van der Waals surface area contributed by atoms with Crippen LogP contribution in [0.2, 0.25) is 0 Å². The second-order valence-electron chi connectivity index (χ2n) is 3.05. The maximum Gasteiger partial charge on any atom is 0.0635 e. The van der Waals surface area contributed by atoms with E-state index < -0.39 is 0 Å². The molecule has 0 bridgehead atoms. The molecule has 6 heteroatoms. The predicted molar refractivity (Wildman–Crippen MR) is 57.2 cm³/mol. The van der Waals surface area contributed by atoms with Crippen LogP contribution in [0.3, 0.4) is 0 Å². The number of nitrogens with zero attached hydrogens (tertiary/aromatic N) is 5. The second-order valence-corrected chi connectivity index (χ2v) is 3.05. The molecule has 0 aromatic carbocycles. The molecular formula is C9H17N5O. The molecule has 0 spiro atoms. The normalized spacial score (nSPS) is 9.67. The molecule has 84 valence electrons. The zero-order valence-corrected chi connectivity index (χ0v) is 9.09. The Labute approximate surface area is 90.1 Å². The maximum atomic E-state index is 8.48. The van der Waals surface area contributed by atoms with Gasteiger partial charge in [0.2, 0.25) is 0 Å². The predicted octanol–water partition coefficient (Wildman–Crippen LogP) is 1.55. The van der Waals surface area contributed by atoms with E-state index in [1.807, 2.05) is 0 Å². The molecule has 0 N–H and O–H groups in total. The lowest BCUT2D eigenvalue weighted by molar-refractivity contribution is 0.148. The maximum absolute atomic E-state index is 8.48. The summed E-state index contributed by atoms with van der Waals surface area (Å²) >= 11 is 0. The molecule has 0 saturated heterocycles. The molecular weight excluding hydrogens is 194 g/mol. The first-order valence-corrected chi connectivity index (χ1v) is 4.94. The molecule has 0 heterocycles. The van der Waals surface area contributed by atoms with E-state index >= 15 is 0 Å². The zero-order chi connectivity index (χ0) is 11.4. The molecule has 0 atom stereocenters. The van der Waals surface area contributed by atoms with Gasteiger partial charge >= 0.3 is 0 Å². The fourth-order valence-corrected chi connectivity index (χ4v) is 1.17. The van der Waals surface area contributed by atoms with Crippen LogP contribution in [-0.4, -0.2) is 44.8 Å². The first-order chi connectivity index (χ1) is 7.35. The molecule has 0 radical (unpaired) electrons. The van der Waals surface area contributed by atoms with Crippen LogP contribution in [0.5, 0.6) is 0 Å². The van der Waals surface area contributed by atoms with E-state index in [0.717, 1.165) is 26.1 Å². The van der Waals surface area contributed by atoms with Crippen LogP contribution >= 0.6 is 0 Å². The van der Waals surface area contributed by atoms with Gasteiger partial charge in [-0.3, -0.25) is 0 Å². The van der Waals surface area contributed by atoms with Gasteiger partial charge in [-0.15, -0.1) is 0 Å². The van der Waals surface area contributed by atoms with E-state index in [0.29, 0.717) is 19.6 Å². The van der Waals surface area contributed by atoms with Crippen LogP contribution in [0.25, 0.3) is 10.4 Å². The summed E-state index contributed by atoms with van der Waals surface area (Å²) in [6.07, 6.45) is 1.34. The van der Waals surface area contributed by atoms with Crippen molar-refractivity contribution in [3.63, 3.8) is 0 Å². The first kappa shape index (κ1) is 13.7. The average molecular weight is 211 g/mol. The van der Waals surface area contributed by atoms with E-state index in [2.05, 4.69) is 21.0 Å². The highest BCUT2D eigenvalue weighted by Crippen LogP contribution is 1.95. The Morgan fingerprint density at radius 3 is 2.87 bits per heavy atom. The van der Waals surface area contributed by atoms with Gasteiger partial charge in [-0.25, -0.2) is 0 Å². The summed E-state index contributed by atoms with van der Waals surface area (Å²) in [5.41, 5.74) is 8.10. The molecule has 15 heavy (non-hydrogen) atoms. The van der Waals surface area contributed by atoms with Crippen molar-refractivity contribution in [2.75, 3.05) is 39.9 Å². The fraction of sp³-hybridized carbons (Fsp3) is 0.889. The van der Waals surface area contributed by atoms with E-state index in [1.165, 1.54) is 0 Å². The van der Waals surface area contributed by atoms with E-state index in [9.17, 15) is 0 Å². The standard InChI is InChI=1S/C9H17N5O/c1-15-9-8-14(6-2-4-10)7-3-5-12-13-11/h2-3,5-9H2,1H3. The molecule has 0 amide bonds. The first-order valence-electron chi connectivity index (χ1n) is 4.94. The number of ether oxygens (including phenoxy) is 1. The third kappa shape index (κ3) is 9.03. The van der Waals surface area contributed by atoms with Crippen molar-refractivity contribution in [1.82, 2.24) is 4.90 Å². The molecule has 0 fully saturated rings. The minimum atomic E-state index is 0.506. The van der Waals surface area contributed by atoms with Gasteiger partial charge in [-0.05, 0) is 18.5 Å². The Kier molecular flexibility index (Phi) is 9.88. The Morgan fingerprint density at radius 2 is 2.27 bits per heavy atom.